The molecule has 7 nitrogen and oxygen atoms in total. The number of ether oxygens (including phenoxy) is 1. The summed E-state index contributed by atoms with van der Waals surface area (Å²) >= 11 is 5.21. The first-order valence-corrected chi connectivity index (χ1v) is 10.6. The second-order valence-electron chi connectivity index (χ2n) is 7.26. The van der Waals surface area contributed by atoms with Crippen molar-refractivity contribution in [1.29, 1.82) is 0 Å². The minimum absolute atomic E-state index is 0.0369. The van der Waals surface area contributed by atoms with Crippen LogP contribution in [0.2, 0.25) is 0 Å². The number of anilines is 1. The van der Waals surface area contributed by atoms with E-state index in [4.69, 9.17) is 12.2 Å². The van der Waals surface area contributed by atoms with Crippen LogP contribution in [0.25, 0.3) is 0 Å². The second-order valence-corrected chi connectivity index (χ2v) is 7.67. The number of likely N-dealkylation sites (tertiary alicyclic amines) is 1. The Bertz CT molecular complexity index is 967. The van der Waals surface area contributed by atoms with Gasteiger partial charge in [0.25, 0.3) is 11.8 Å². The van der Waals surface area contributed by atoms with Crippen LogP contribution in [0.3, 0.4) is 0 Å². The molecule has 1 heterocycles. The van der Waals surface area contributed by atoms with E-state index in [0.29, 0.717) is 11.3 Å². The molecule has 0 atom stereocenters. The van der Waals surface area contributed by atoms with Gasteiger partial charge in [-0.1, -0.05) is 18.9 Å². The van der Waals surface area contributed by atoms with Crippen LogP contribution < -0.4 is 10.6 Å². The maximum atomic E-state index is 12.7. The minimum Gasteiger partial charge on any atom is -0.465 e. The molecular formula is C23H25N3O4S. The van der Waals surface area contributed by atoms with Gasteiger partial charge in [-0.2, -0.15) is 0 Å². The van der Waals surface area contributed by atoms with Crippen molar-refractivity contribution in [2.75, 3.05) is 25.5 Å². The van der Waals surface area contributed by atoms with Gasteiger partial charge in [-0.3, -0.25) is 14.9 Å². The molecule has 1 saturated heterocycles. The van der Waals surface area contributed by atoms with Crippen LogP contribution in [-0.4, -0.2) is 48.0 Å². The standard InChI is InChI=1S/C23H25N3O4S/c1-30-22(29)18-8-6-7-17(15-18)20(27)25-23(31)24-19-11-9-16(10-12-19)21(28)26-13-4-2-3-5-14-26/h6-12,15H,2-5,13-14H2,1H3,(H2,24,25,27,31). The molecular weight excluding hydrogens is 414 g/mol. The van der Waals surface area contributed by atoms with Crippen molar-refractivity contribution in [1.82, 2.24) is 10.2 Å². The number of hydrogen-bond donors (Lipinski definition) is 2. The van der Waals surface area contributed by atoms with Crippen molar-refractivity contribution in [3.8, 4) is 0 Å². The van der Waals surface area contributed by atoms with Gasteiger partial charge in [0, 0.05) is 29.9 Å². The second kappa shape index (κ2) is 10.7. The summed E-state index contributed by atoms with van der Waals surface area (Å²) in [6.07, 6.45) is 4.43. The average Bonchev–Trinajstić information content (AvgIpc) is 3.08. The van der Waals surface area contributed by atoms with Crippen LogP contribution in [0.1, 0.15) is 56.8 Å². The van der Waals surface area contributed by atoms with Gasteiger partial charge in [-0.05, 0) is 67.5 Å². The summed E-state index contributed by atoms with van der Waals surface area (Å²) in [5.41, 5.74) is 1.84. The summed E-state index contributed by atoms with van der Waals surface area (Å²) in [6.45, 7) is 1.60. The Hall–Kier alpha value is -3.26. The van der Waals surface area contributed by atoms with E-state index in [2.05, 4.69) is 15.4 Å². The molecule has 31 heavy (non-hydrogen) atoms. The van der Waals surface area contributed by atoms with Crippen LogP contribution in [0, 0.1) is 0 Å². The number of benzene rings is 2. The lowest BCUT2D eigenvalue weighted by molar-refractivity contribution is 0.0600. The molecule has 0 bridgehead atoms. The van der Waals surface area contributed by atoms with Crippen molar-refractivity contribution in [3.05, 3.63) is 65.2 Å². The number of hydrogen-bond acceptors (Lipinski definition) is 5. The first kappa shape index (κ1) is 22.4. The highest BCUT2D eigenvalue weighted by Crippen LogP contribution is 2.16. The molecule has 1 aliphatic heterocycles. The van der Waals surface area contributed by atoms with E-state index in [1.807, 2.05) is 4.90 Å². The molecule has 2 amide bonds. The van der Waals surface area contributed by atoms with Crippen LogP contribution in [0.5, 0.6) is 0 Å². The Morgan fingerprint density at radius 2 is 1.55 bits per heavy atom. The van der Waals surface area contributed by atoms with Crippen molar-refractivity contribution in [2.24, 2.45) is 0 Å². The van der Waals surface area contributed by atoms with Crippen molar-refractivity contribution in [3.63, 3.8) is 0 Å². The predicted molar refractivity (Wildman–Crippen MR) is 122 cm³/mol. The maximum Gasteiger partial charge on any atom is 0.337 e. The van der Waals surface area contributed by atoms with E-state index in [0.717, 1.165) is 25.9 Å². The molecule has 0 aromatic heterocycles. The molecule has 2 N–H and O–H groups in total. The number of methoxy groups -OCH3 is 1. The third-order valence-electron chi connectivity index (χ3n) is 5.06. The quantitative estimate of drug-likeness (QED) is 0.559. The largest absolute Gasteiger partial charge is 0.465 e. The van der Waals surface area contributed by atoms with Crippen molar-refractivity contribution >= 4 is 40.8 Å². The van der Waals surface area contributed by atoms with E-state index in [9.17, 15) is 14.4 Å². The van der Waals surface area contributed by atoms with Crippen LogP contribution in [-0.2, 0) is 4.74 Å². The first-order chi connectivity index (χ1) is 15.0. The molecule has 0 unspecified atom stereocenters. The normalized spacial score (nSPS) is 13.6. The van der Waals surface area contributed by atoms with Gasteiger partial charge >= 0.3 is 5.97 Å². The molecule has 0 saturated carbocycles. The summed E-state index contributed by atoms with van der Waals surface area (Å²) in [4.78, 5) is 38.6. The zero-order chi connectivity index (χ0) is 22.2. The van der Waals surface area contributed by atoms with Gasteiger partial charge in [0.05, 0.1) is 12.7 Å². The highest BCUT2D eigenvalue weighted by atomic mass is 32.1. The highest BCUT2D eigenvalue weighted by molar-refractivity contribution is 7.80. The summed E-state index contributed by atoms with van der Waals surface area (Å²) in [5, 5.41) is 5.62. The number of thiocarbonyl (C=S) groups is 1. The van der Waals surface area contributed by atoms with Gasteiger partial charge < -0.3 is 15.0 Å². The van der Waals surface area contributed by atoms with Crippen molar-refractivity contribution < 1.29 is 19.1 Å². The molecule has 0 radical (unpaired) electrons. The fourth-order valence-corrected chi connectivity index (χ4v) is 3.61. The maximum absolute atomic E-state index is 12.7. The van der Waals surface area contributed by atoms with Crippen LogP contribution in [0.4, 0.5) is 5.69 Å². The Morgan fingerprint density at radius 1 is 0.903 bits per heavy atom. The number of rotatable bonds is 4. The molecule has 3 rings (SSSR count). The van der Waals surface area contributed by atoms with E-state index < -0.39 is 11.9 Å². The third-order valence-corrected chi connectivity index (χ3v) is 5.26. The van der Waals surface area contributed by atoms with Gasteiger partial charge in [0.15, 0.2) is 5.11 Å². The molecule has 1 fully saturated rings. The van der Waals surface area contributed by atoms with E-state index >= 15 is 0 Å². The SMILES string of the molecule is COC(=O)c1cccc(C(=O)NC(=S)Nc2ccc(C(=O)N3CCCCCC3)cc2)c1. The molecule has 162 valence electrons. The number of esters is 1. The fourth-order valence-electron chi connectivity index (χ4n) is 3.40. The molecule has 8 heteroatoms. The average molecular weight is 440 g/mol. The number of amides is 2. The Morgan fingerprint density at radius 3 is 2.19 bits per heavy atom. The topological polar surface area (TPSA) is 87.7 Å². The molecule has 1 aliphatic rings. The Kier molecular flexibility index (Phi) is 7.72. The van der Waals surface area contributed by atoms with Gasteiger partial charge in [-0.25, -0.2) is 4.79 Å². The number of carbonyl (C=O) groups excluding carboxylic acids is 3. The van der Waals surface area contributed by atoms with E-state index in [-0.39, 0.29) is 22.1 Å². The predicted octanol–water partition coefficient (Wildman–Crippen LogP) is 3.62. The molecule has 0 spiro atoms. The van der Waals surface area contributed by atoms with Crippen LogP contribution >= 0.6 is 12.2 Å². The van der Waals surface area contributed by atoms with Crippen molar-refractivity contribution in [2.45, 2.75) is 25.7 Å². The summed E-state index contributed by atoms with van der Waals surface area (Å²) in [6, 6.07) is 13.2. The first-order valence-electron chi connectivity index (χ1n) is 10.2. The number of carbonyl (C=O) groups is 3. The molecule has 0 aliphatic carbocycles. The Balaban J connectivity index is 1.57. The zero-order valence-electron chi connectivity index (χ0n) is 17.3. The number of nitrogens with one attached hydrogen (secondary N) is 2. The van der Waals surface area contributed by atoms with E-state index in [1.165, 1.54) is 26.0 Å². The molecule has 2 aromatic carbocycles. The number of nitrogens with zero attached hydrogens (tertiary/aromatic N) is 1. The summed E-state index contributed by atoms with van der Waals surface area (Å²) < 4.78 is 4.67. The molecule has 2 aromatic rings. The lowest BCUT2D eigenvalue weighted by Crippen LogP contribution is -2.34. The summed E-state index contributed by atoms with van der Waals surface area (Å²) in [7, 11) is 1.28. The van der Waals surface area contributed by atoms with Gasteiger partial charge in [0.2, 0.25) is 0 Å². The Labute approximate surface area is 186 Å². The zero-order valence-corrected chi connectivity index (χ0v) is 18.2. The van der Waals surface area contributed by atoms with Gasteiger partial charge in [0.1, 0.15) is 0 Å². The highest BCUT2D eigenvalue weighted by Gasteiger charge is 2.17. The fraction of sp³-hybridized carbons (Fsp3) is 0.304. The lowest BCUT2D eigenvalue weighted by atomic mass is 10.1. The van der Waals surface area contributed by atoms with Crippen LogP contribution in [0.15, 0.2) is 48.5 Å². The monoisotopic (exact) mass is 439 g/mol. The van der Waals surface area contributed by atoms with Gasteiger partial charge in [-0.15, -0.1) is 0 Å². The van der Waals surface area contributed by atoms with E-state index in [1.54, 1.807) is 42.5 Å². The smallest absolute Gasteiger partial charge is 0.337 e. The lowest BCUT2D eigenvalue weighted by Gasteiger charge is -2.20. The third kappa shape index (κ3) is 6.11. The summed E-state index contributed by atoms with van der Waals surface area (Å²) in [5.74, 6) is -0.934. The minimum atomic E-state index is -0.523.